The summed E-state index contributed by atoms with van der Waals surface area (Å²) >= 11 is 3.35. The van der Waals surface area contributed by atoms with Crippen LogP contribution in [0.25, 0.3) is 0 Å². The molecule has 0 radical (unpaired) electrons. The lowest BCUT2D eigenvalue weighted by atomic mass is 10.1. The van der Waals surface area contributed by atoms with Crippen LogP contribution in [0, 0.1) is 5.82 Å². The van der Waals surface area contributed by atoms with E-state index < -0.39 is 0 Å². The predicted octanol–water partition coefficient (Wildman–Crippen LogP) is 4.97. The molecule has 0 aromatic heterocycles. The lowest BCUT2D eigenvalue weighted by Crippen LogP contribution is -2.19. The molecule has 0 amide bonds. The van der Waals surface area contributed by atoms with Crippen molar-refractivity contribution in [3.05, 3.63) is 28.5 Å². The molecule has 1 aromatic rings. The standard InChI is InChI=1S/C13H19BrFN/c1-3-5-6-11(4-2)16-13-9-10(14)7-8-12(13)15/h7-9,11,16H,3-6H2,1-2H3. The monoisotopic (exact) mass is 287 g/mol. The lowest BCUT2D eigenvalue weighted by molar-refractivity contribution is 0.580. The van der Waals surface area contributed by atoms with Crippen LogP contribution >= 0.6 is 15.9 Å². The van der Waals surface area contributed by atoms with Gasteiger partial charge in [0.25, 0.3) is 0 Å². The highest BCUT2D eigenvalue weighted by Gasteiger charge is 2.09. The molecule has 16 heavy (non-hydrogen) atoms. The Labute approximate surface area is 106 Å². The first-order chi connectivity index (χ1) is 7.67. The van der Waals surface area contributed by atoms with Crippen LogP contribution in [0.1, 0.15) is 39.5 Å². The number of rotatable bonds is 6. The van der Waals surface area contributed by atoms with E-state index in [9.17, 15) is 4.39 Å². The topological polar surface area (TPSA) is 12.0 Å². The minimum Gasteiger partial charge on any atom is -0.380 e. The maximum Gasteiger partial charge on any atom is 0.146 e. The van der Waals surface area contributed by atoms with E-state index in [1.807, 2.05) is 0 Å². The molecule has 0 bridgehead atoms. The van der Waals surface area contributed by atoms with Crippen LogP contribution in [0.3, 0.4) is 0 Å². The summed E-state index contributed by atoms with van der Waals surface area (Å²) in [6, 6.07) is 5.36. The highest BCUT2D eigenvalue weighted by atomic mass is 79.9. The summed E-state index contributed by atoms with van der Waals surface area (Å²) in [7, 11) is 0. The largest absolute Gasteiger partial charge is 0.380 e. The van der Waals surface area contributed by atoms with Gasteiger partial charge in [0.2, 0.25) is 0 Å². The number of hydrogen-bond donors (Lipinski definition) is 1. The zero-order valence-corrected chi connectivity index (χ0v) is 11.5. The van der Waals surface area contributed by atoms with Crippen molar-refractivity contribution < 1.29 is 4.39 Å². The molecular weight excluding hydrogens is 269 g/mol. The fraction of sp³-hybridized carbons (Fsp3) is 0.538. The molecule has 90 valence electrons. The first kappa shape index (κ1) is 13.5. The quantitative estimate of drug-likeness (QED) is 0.779. The Bertz CT molecular complexity index is 328. The van der Waals surface area contributed by atoms with Gasteiger partial charge < -0.3 is 5.32 Å². The SMILES string of the molecule is CCCCC(CC)Nc1cc(Br)ccc1F. The predicted molar refractivity (Wildman–Crippen MR) is 71.3 cm³/mol. The van der Waals surface area contributed by atoms with Gasteiger partial charge in [0.05, 0.1) is 5.69 Å². The molecular formula is C13H19BrFN. The second kappa shape index (κ2) is 6.89. The number of unbranched alkanes of at least 4 members (excludes halogenated alkanes) is 1. The third kappa shape index (κ3) is 4.12. The van der Waals surface area contributed by atoms with Crippen LogP contribution in [0.5, 0.6) is 0 Å². The van der Waals surface area contributed by atoms with E-state index in [1.54, 1.807) is 12.1 Å². The van der Waals surface area contributed by atoms with Crippen molar-refractivity contribution in [1.29, 1.82) is 0 Å². The van der Waals surface area contributed by atoms with Gasteiger partial charge >= 0.3 is 0 Å². The van der Waals surface area contributed by atoms with Crippen molar-refractivity contribution in [3.63, 3.8) is 0 Å². The van der Waals surface area contributed by atoms with E-state index in [-0.39, 0.29) is 5.82 Å². The summed E-state index contributed by atoms with van der Waals surface area (Å²) in [5.41, 5.74) is 0.595. The number of nitrogens with one attached hydrogen (secondary N) is 1. The first-order valence-electron chi connectivity index (χ1n) is 5.89. The van der Waals surface area contributed by atoms with E-state index in [0.717, 1.165) is 17.3 Å². The maximum absolute atomic E-state index is 13.5. The van der Waals surface area contributed by atoms with Gasteiger partial charge in [-0.15, -0.1) is 0 Å². The van der Waals surface area contributed by atoms with Crippen LogP contribution < -0.4 is 5.32 Å². The van der Waals surface area contributed by atoms with Crippen LogP contribution in [0.2, 0.25) is 0 Å². The minimum atomic E-state index is -0.182. The van der Waals surface area contributed by atoms with E-state index in [4.69, 9.17) is 0 Å². The molecule has 1 rings (SSSR count). The van der Waals surface area contributed by atoms with Crippen LogP contribution in [-0.2, 0) is 0 Å². The Hall–Kier alpha value is -0.570. The summed E-state index contributed by atoms with van der Waals surface area (Å²) in [4.78, 5) is 0. The second-order valence-electron chi connectivity index (χ2n) is 4.02. The first-order valence-corrected chi connectivity index (χ1v) is 6.68. The summed E-state index contributed by atoms with van der Waals surface area (Å²) in [6.45, 7) is 4.30. The molecule has 0 aliphatic rings. The zero-order valence-electron chi connectivity index (χ0n) is 9.89. The molecule has 0 aliphatic heterocycles. The zero-order chi connectivity index (χ0) is 12.0. The number of halogens is 2. The van der Waals surface area contributed by atoms with Crippen molar-refractivity contribution in [2.24, 2.45) is 0 Å². The summed E-state index contributed by atoms with van der Waals surface area (Å²) in [5, 5.41) is 3.27. The molecule has 0 fully saturated rings. The molecule has 0 spiro atoms. The third-order valence-electron chi connectivity index (χ3n) is 2.69. The van der Waals surface area contributed by atoms with E-state index in [1.165, 1.54) is 18.9 Å². The molecule has 1 unspecified atom stereocenters. The van der Waals surface area contributed by atoms with Crippen molar-refractivity contribution in [1.82, 2.24) is 0 Å². The van der Waals surface area contributed by atoms with Gasteiger partial charge in [-0.3, -0.25) is 0 Å². The molecule has 0 saturated heterocycles. The normalized spacial score (nSPS) is 12.5. The molecule has 0 heterocycles. The molecule has 1 atom stereocenters. The average Bonchev–Trinajstić information content (AvgIpc) is 2.28. The van der Waals surface area contributed by atoms with Crippen LogP contribution in [0.4, 0.5) is 10.1 Å². The molecule has 1 aromatic carbocycles. The summed E-state index contributed by atoms with van der Waals surface area (Å²) in [5.74, 6) is -0.182. The van der Waals surface area contributed by atoms with Crippen molar-refractivity contribution >= 4 is 21.6 Å². The van der Waals surface area contributed by atoms with Gasteiger partial charge in [0, 0.05) is 10.5 Å². The van der Waals surface area contributed by atoms with Gasteiger partial charge in [-0.1, -0.05) is 42.6 Å². The fourth-order valence-electron chi connectivity index (χ4n) is 1.66. The Morgan fingerprint density at radius 3 is 2.75 bits per heavy atom. The Morgan fingerprint density at radius 2 is 2.12 bits per heavy atom. The number of hydrogen-bond acceptors (Lipinski definition) is 1. The van der Waals surface area contributed by atoms with Gasteiger partial charge in [0.1, 0.15) is 5.82 Å². The fourth-order valence-corrected chi connectivity index (χ4v) is 2.02. The van der Waals surface area contributed by atoms with Crippen LogP contribution in [-0.4, -0.2) is 6.04 Å². The van der Waals surface area contributed by atoms with Gasteiger partial charge in [0.15, 0.2) is 0 Å². The van der Waals surface area contributed by atoms with Crippen molar-refractivity contribution in [2.45, 2.75) is 45.6 Å². The molecule has 0 aliphatic carbocycles. The average molecular weight is 288 g/mol. The molecule has 1 N–H and O–H groups in total. The third-order valence-corrected chi connectivity index (χ3v) is 3.18. The molecule has 1 nitrogen and oxygen atoms in total. The smallest absolute Gasteiger partial charge is 0.146 e. The second-order valence-corrected chi connectivity index (χ2v) is 4.93. The number of benzene rings is 1. The summed E-state index contributed by atoms with van der Waals surface area (Å²) < 4.78 is 14.4. The van der Waals surface area contributed by atoms with E-state index in [0.29, 0.717) is 11.7 Å². The Balaban J connectivity index is 2.65. The van der Waals surface area contributed by atoms with Gasteiger partial charge in [-0.2, -0.15) is 0 Å². The molecule has 3 heteroatoms. The lowest BCUT2D eigenvalue weighted by Gasteiger charge is -2.18. The van der Waals surface area contributed by atoms with Crippen LogP contribution in [0.15, 0.2) is 22.7 Å². The highest BCUT2D eigenvalue weighted by molar-refractivity contribution is 9.10. The van der Waals surface area contributed by atoms with E-state index >= 15 is 0 Å². The molecule has 0 saturated carbocycles. The van der Waals surface area contributed by atoms with Crippen molar-refractivity contribution in [2.75, 3.05) is 5.32 Å². The minimum absolute atomic E-state index is 0.182. The van der Waals surface area contributed by atoms with Gasteiger partial charge in [-0.05, 0) is 31.0 Å². The Morgan fingerprint density at radius 1 is 1.38 bits per heavy atom. The maximum atomic E-state index is 13.5. The highest BCUT2D eigenvalue weighted by Crippen LogP contribution is 2.22. The van der Waals surface area contributed by atoms with Gasteiger partial charge in [-0.25, -0.2) is 4.39 Å². The van der Waals surface area contributed by atoms with E-state index in [2.05, 4.69) is 35.1 Å². The van der Waals surface area contributed by atoms with Crippen molar-refractivity contribution in [3.8, 4) is 0 Å². The Kier molecular flexibility index (Phi) is 5.81. The number of anilines is 1. The summed E-state index contributed by atoms with van der Waals surface area (Å²) in [6.07, 6.45) is 4.48.